The lowest BCUT2D eigenvalue weighted by Crippen LogP contribution is -2.26. The lowest BCUT2D eigenvalue weighted by molar-refractivity contribution is 0.0957. The van der Waals surface area contributed by atoms with Crippen LogP contribution in [-0.2, 0) is 6.42 Å². The second-order valence-electron chi connectivity index (χ2n) is 6.01. The Morgan fingerprint density at radius 1 is 1.08 bits per heavy atom. The van der Waals surface area contributed by atoms with Crippen molar-refractivity contribution in [2.24, 2.45) is 0 Å². The van der Waals surface area contributed by atoms with Crippen LogP contribution in [0.3, 0.4) is 0 Å². The molecule has 1 N–H and O–H groups in total. The number of aryl methyl sites for hydroxylation is 1. The molecule has 26 heavy (non-hydrogen) atoms. The number of imidazole rings is 1. The molecule has 0 unspecified atom stereocenters. The van der Waals surface area contributed by atoms with Gasteiger partial charge in [-0.3, -0.25) is 14.0 Å². The van der Waals surface area contributed by atoms with E-state index in [4.69, 9.17) is 0 Å². The van der Waals surface area contributed by atoms with Crippen molar-refractivity contribution in [3.05, 3.63) is 81.5 Å². The predicted molar refractivity (Wildman–Crippen MR) is 104 cm³/mol. The highest BCUT2D eigenvalue weighted by Crippen LogP contribution is 2.19. The molecule has 0 bridgehead atoms. The minimum Gasteiger partial charge on any atom is -0.351 e. The number of hydrogen-bond donors (Lipinski definition) is 1. The van der Waals surface area contributed by atoms with Crippen molar-refractivity contribution in [3.63, 3.8) is 0 Å². The maximum Gasteiger partial charge on any atom is 0.261 e. The van der Waals surface area contributed by atoms with Gasteiger partial charge in [-0.1, -0.05) is 53.8 Å². The summed E-state index contributed by atoms with van der Waals surface area (Å²) in [6, 6.07) is 19.0. The summed E-state index contributed by atoms with van der Waals surface area (Å²) in [7, 11) is 0. The van der Waals surface area contributed by atoms with Gasteiger partial charge >= 0.3 is 0 Å². The van der Waals surface area contributed by atoms with Crippen LogP contribution >= 0.6 is 11.3 Å². The maximum atomic E-state index is 12.4. The highest BCUT2D eigenvalue weighted by Gasteiger charge is 2.13. The van der Waals surface area contributed by atoms with Crippen molar-refractivity contribution in [2.45, 2.75) is 12.8 Å². The molecule has 0 radical (unpaired) electrons. The fourth-order valence-corrected chi connectivity index (χ4v) is 3.87. The van der Waals surface area contributed by atoms with Crippen LogP contribution < -0.4 is 10.9 Å². The summed E-state index contributed by atoms with van der Waals surface area (Å²) in [5, 5.41) is 2.89. The van der Waals surface area contributed by atoms with E-state index >= 15 is 0 Å². The second-order valence-corrected chi connectivity index (χ2v) is 7.02. The molecule has 5 nitrogen and oxygen atoms in total. The van der Waals surface area contributed by atoms with E-state index in [1.54, 1.807) is 4.40 Å². The summed E-state index contributed by atoms with van der Waals surface area (Å²) in [4.78, 5) is 30.2. The molecule has 2 heterocycles. The molecule has 0 fully saturated rings. The second kappa shape index (κ2) is 7.09. The van der Waals surface area contributed by atoms with Gasteiger partial charge in [0.15, 0.2) is 4.96 Å². The Balaban J connectivity index is 1.48. The number of amides is 1. The van der Waals surface area contributed by atoms with Crippen LogP contribution in [0.15, 0.2) is 65.5 Å². The van der Waals surface area contributed by atoms with E-state index in [2.05, 4.69) is 22.4 Å². The van der Waals surface area contributed by atoms with Gasteiger partial charge in [-0.2, -0.15) is 0 Å². The van der Waals surface area contributed by atoms with Crippen molar-refractivity contribution >= 4 is 33.2 Å². The Hall–Kier alpha value is -2.99. The number of carbonyl (C=O) groups excluding carboxylic acids is 1. The lowest BCUT2D eigenvalue weighted by atomic mass is 10.1. The molecule has 6 heteroatoms. The molecule has 2 aromatic carbocycles. The molecule has 4 rings (SSSR count). The largest absolute Gasteiger partial charge is 0.351 e. The Labute approximate surface area is 153 Å². The minimum atomic E-state index is -0.234. The van der Waals surface area contributed by atoms with Gasteiger partial charge in [-0.15, -0.1) is 0 Å². The zero-order valence-corrected chi connectivity index (χ0v) is 14.8. The van der Waals surface area contributed by atoms with Crippen molar-refractivity contribution in [1.82, 2.24) is 14.7 Å². The van der Waals surface area contributed by atoms with Gasteiger partial charge in [0.2, 0.25) is 0 Å². The molecule has 0 saturated heterocycles. The number of fused-ring (bicyclic) bond motifs is 3. The molecule has 0 spiro atoms. The van der Waals surface area contributed by atoms with Gasteiger partial charge < -0.3 is 5.32 Å². The zero-order valence-electron chi connectivity index (χ0n) is 14.0. The minimum absolute atomic E-state index is 0.227. The number of aromatic nitrogens is 2. The first-order valence-electron chi connectivity index (χ1n) is 8.46. The van der Waals surface area contributed by atoms with Gasteiger partial charge in [0, 0.05) is 12.6 Å². The van der Waals surface area contributed by atoms with Crippen LogP contribution in [0, 0.1) is 0 Å². The number of para-hydroxylation sites is 2. The van der Waals surface area contributed by atoms with Gasteiger partial charge in [-0.05, 0) is 30.5 Å². The average Bonchev–Trinajstić information content (AvgIpc) is 3.05. The number of benzene rings is 2. The predicted octanol–water partition coefficient (Wildman–Crippen LogP) is 3.27. The third-order valence-electron chi connectivity index (χ3n) is 4.20. The standard InChI is InChI=1S/C20H17N3O2S/c24-18-13-17(19(25)21-12-6-9-14-7-2-1-3-8-14)26-20-22-15-10-4-5-11-16(15)23(18)20/h1-5,7-8,10-11,13H,6,9,12H2,(H,21,25). The zero-order chi connectivity index (χ0) is 17.9. The van der Waals surface area contributed by atoms with Crippen LogP contribution in [-0.4, -0.2) is 21.8 Å². The third kappa shape index (κ3) is 3.23. The summed E-state index contributed by atoms with van der Waals surface area (Å²) in [5.74, 6) is -0.227. The highest BCUT2D eigenvalue weighted by molar-refractivity contribution is 7.18. The summed E-state index contributed by atoms with van der Waals surface area (Å²) in [6.45, 7) is 0.566. The molecule has 4 aromatic rings. The van der Waals surface area contributed by atoms with Crippen LogP contribution in [0.1, 0.15) is 21.7 Å². The summed E-state index contributed by atoms with van der Waals surface area (Å²) >= 11 is 1.23. The first-order valence-corrected chi connectivity index (χ1v) is 9.27. The van der Waals surface area contributed by atoms with E-state index in [0.717, 1.165) is 23.9 Å². The Kier molecular flexibility index (Phi) is 4.50. The van der Waals surface area contributed by atoms with E-state index in [1.807, 2.05) is 42.5 Å². The number of nitrogens with one attached hydrogen (secondary N) is 1. The quantitative estimate of drug-likeness (QED) is 0.554. The highest BCUT2D eigenvalue weighted by atomic mass is 32.1. The van der Waals surface area contributed by atoms with E-state index < -0.39 is 0 Å². The first-order chi connectivity index (χ1) is 12.7. The van der Waals surface area contributed by atoms with Gasteiger partial charge in [0.1, 0.15) is 4.88 Å². The molecule has 0 aliphatic carbocycles. The summed E-state index contributed by atoms with van der Waals surface area (Å²) in [5.41, 5.74) is 2.53. The topological polar surface area (TPSA) is 63.5 Å². The molecule has 0 saturated carbocycles. The van der Waals surface area contributed by atoms with Crippen molar-refractivity contribution < 1.29 is 4.79 Å². The normalized spacial score (nSPS) is 11.1. The van der Waals surface area contributed by atoms with Gasteiger partial charge in [0.25, 0.3) is 11.5 Å². The fraction of sp³-hybridized carbons (Fsp3) is 0.150. The molecular formula is C20H17N3O2S. The fourth-order valence-electron chi connectivity index (χ4n) is 2.93. The Morgan fingerprint density at radius 3 is 2.69 bits per heavy atom. The molecule has 0 atom stereocenters. The van der Waals surface area contributed by atoms with Gasteiger partial charge in [-0.25, -0.2) is 4.98 Å². The summed E-state index contributed by atoms with van der Waals surface area (Å²) in [6.07, 6.45) is 1.75. The third-order valence-corrected chi connectivity index (χ3v) is 5.18. The number of hydrogen-bond acceptors (Lipinski definition) is 4. The number of nitrogens with zero attached hydrogens (tertiary/aromatic N) is 2. The van der Waals surface area contributed by atoms with Crippen LogP contribution in [0.5, 0.6) is 0 Å². The molecule has 0 aliphatic heterocycles. The van der Waals surface area contributed by atoms with Crippen LogP contribution in [0.25, 0.3) is 16.0 Å². The molecular weight excluding hydrogens is 346 g/mol. The number of carbonyl (C=O) groups is 1. The Morgan fingerprint density at radius 2 is 1.85 bits per heavy atom. The summed E-state index contributed by atoms with van der Waals surface area (Å²) < 4.78 is 1.55. The van der Waals surface area contributed by atoms with E-state index in [0.29, 0.717) is 16.4 Å². The van der Waals surface area contributed by atoms with Crippen molar-refractivity contribution in [2.75, 3.05) is 6.54 Å². The van der Waals surface area contributed by atoms with Crippen LogP contribution in [0.4, 0.5) is 0 Å². The van der Waals surface area contributed by atoms with Crippen molar-refractivity contribution in [1.29, 1.82) is 0 Å². The van der Waals surface area contributed by atoms with E-state index in [9.17, 15) is 9.59 Å². The molecule has 1 amide bonds. The van der Waals surface area contributed by atoms with Crippen molar-refractivity contribution in [3.8, 4) is 0 Å². The molecule has 130 valence electrons. The average molecular weight is 363 g/mol. The monoisotopic (exact) mass is 363 g/mol. The van der Waals surface area contributed by atoms with E-state index in [1.165, 1.54) is 23.0 Å². The van der Waals surface area contributed by atoms with Crippen LogP contribution in [0.2, 0.25) is 0 Å². The van der Waals surface area contributed by atoms with Gasteiger partial charge in [0.05, 0.1) is 11.0 Å². The lowest BCUT2D eigenvalue weighted by Gasteiger charge is -2.05. The SMILES string of the molecule is O=C(NCCCc1ccccc1)c1cc(=O)n2c(nc3ccccc32)s1. The first kappa shape index (κ1) is 16.5. The molecule has 2 aromatic heterocycles. The molecule has 0 aliphatic rings. The smallest absolute Gasteiger partial charge is 0.261 e. The van der Waals surface area contributed by atoms with E-state index in [-0.39, 0.29) is 11.5 Å². The number of rotatable bonds is 5. The maximum absolute atomic E-state index is 12.4. The Bertz CT molecular complexity index is 1130.